The topological polar surface area (TPSA) is 135 Å². The number of rotatable bonds is 6. The van der Waals surface area contributed by atoms with Gasteiger partial charge in [-0.3, -0.25) is 14.0 Å². The quantitative estimate of drug-likeness (QED) is 0.194. The van der Waals surface area contributed by atoms with Gasteiger partial charge in [0, 0.05) is 71.5 Å². The Labute approximate surface area is 253 Å². The molecule has 12 heteroatoms. The lowest BCUT2D eigenvalue weighted by Gasteiger charge is -2.45. The van der Waals surface area contributed by atoms with E-state index in [9.17, 15) is 9.59 Å². The number of halogens is 1. The zero-order chi connectivity index (χ0) is 30.6. The molecule has 4 heterocycles. The van der Waals surface area contributed by atoms with Crippen molar-refractivity contribution in [3.63, 3.8) is 0 Å². The first kappa shape index (κ1) is 28.5. The van der Waals surface area contributed by atoms with Crippen molar-refractivity contribution >= 4 is 46.1 Å². The molecule has 2 aliphatic rings. The van der Waals surface area contributed by atoms with Gasteiger partial charge in [-0.2, -0.15) is 10.1 Å². The number of ether oxygens (including phenoxy) is 1. The number of aromatic nitrogens is 4. The lowest BCUT2D eigenvalue weighted by molar-refractivity contribution is -0.128. The van der Waals surface area contributed by atoms with Crippen molar-refractivity contribution in [1.29, 1.82) is 5.41 Å². The van der Waals surface area contributed by atoms with E-state index in [2.05, 4.69) is 21.6 Å². The summed E-state index contributed by atoms with van der Waals surface area (Å²) in [6.07, 6.45) is 6.07. The number of nitrogens with two attached hydrogens (primary N) is 1. The van der Waals surface area contributed by atoms with Crippen molar-refractivity contribution in [2.45, 2.75) is 45.4 Å². The van der Waals surface area contributed by atoms with E-state index < -0.39 is 5.69 Å². The number of piperazine rings is 1. The van der Waals surface area contributed by atoms with Crippen LogP contribution in [0.1, 0.15) is 31.0 Å². The minimum Gasteiger partial charge on any atom is -0.488 e. The van der Waals surface area contributed by atoms with E-state index in [1.165, 1.54) is 12.3 Å². The number of aryl methyl sites for hydroxylation is 1. The van der Waals surface area contributed by atoms with Crippen molar-refractivity contribution in [2.24, 2.45) is 0 Å². The van der Waals surface area contributed by atoms with E-state index in [1.54, 1.807) is 26.4 Å². The van der Waals surface area contributed by atoms with Gasteiger partial charge in [-0.05, 0) is 50.6 Å². The number of amides is 1. The van der Waals surface area contributed by atoms with Gasteiger partial charge >= 0.3 is 5.69 Å². The average molecular weight is 601 g/mol. The normalized spacial score (nSPS) is 19.8. The molecule has 0 saturated carbocycles. The van der Waals surface area contributed by atoms with Gasteiger partial charge in [-0.15, -0.1) is 0 Å². The molecule has 0 spiro atoms. The number of nitrogen functional groups attached to an aromatic ring is 1. The highest BCUT2D eigenvalue weighted by Crippen LogP contribution is 2.49. The fraction of sp³-hybridized carbons (Fsp3) is 0.323. The zero-order valence-electron chi connectivity index (χ0n) is 24.2. The maximum atomic E-state index is 14.0. The summed E-state index contributed by atoms with van der Waals surface area (Å²) in [5.74, 6) is 0.792. The van der Waals surface area contributed by atoms with Crippen LogP contribution in [-0.2, 0) is 11.3 Å². The van der Waals surface area contributed by atoms with Gasteiger partial charge in [0.05, 0.1) is 23.1 Å². The van der Waals surface area contributed by atoms with Gasteiger partial charge in [-0.1, -0.05) is 24.2 Å². The molecule has 2 aromatic heterocycles. The second-order valence-corrected chi connectivity index (χ2v) is 11.6. The molecule has 4 aromatic rings. The van der Waals surface area contributed by atoms with E-state index in [0.717, 1.165) is 5.56 Å². The Balaban J connectivity index is 1.62. The number of benzene rings is 2. The van der Waals surface area contributed by atoms with Crippen LogP contribution in [0.25, 0.3) is 22.0 Å². The van der Waals surface area contributed by atoms with Crippen LogP contribution in [0.3, 0.4) is 0 Å². The average Bonchev–Trinajstić information content (AvgIpc) is 3.50. The molecule has 1 fully saturated rings. The molecule has 2 aromatic carbocycles. The van der Waals surface area contributed by atoms with Crippen LogP contribution in [0.4, 0.5) is 11.5 Å². The van der Waals surface area contributed by atoms with E-state index in [4.69, 9.17) is 27.5 Å². The molecule has 222 valence electrons. The van der Waals surface area contributed by atoms with Crippen LogP contribution < -0.4 is 21.1 Å². The van der Waals surface area contributed by atoms with Crippen molar-refractivity contribution in [1.82, 2.24) is 24.2 Å². The summed E-state index contributed by atoms with van der Waals surface area (Å²) in [6, 6.07) is 6.62. The van der Waals surface area contributed by atoms with Crippen LogP contribution in [-0.4, -0.2) is 68.1 Å². The first-order valence-corrected chi connectivity index (χ1v) is 14.5. The first-order chi connectivity index (χ1) is 20.6. The predicted molar refractivity (Wildman–Crippen MR) is 168 cm³/mol. The summed E-state index contributed by atoms with van der Waals surface area (Å²) < 4.78 is 9.95. The second-order valence-electron chi connectivity index (χ2n) is 11.2. The number of hydrogen-bond acceptors (Lipinski definition) is 8. The number of anilines is 2. The van der Waals surface area contributed by atoms with Crippen molar-refractivity contribution in [3.8, 4) is 16.9 Å². The van der Waals surface area contributed by atoms with Gasteiger partial charge in [0.15, 0.2) is 5.75 Å². The Morgan fingerprint density at radius 1 is 1.26 bits per heavy atom. The maximum absolute atomic E-state index is 14.0. The second kappa shape index (κ2) is 10.9. The summed E-state index contributed by atoms with van der Waals surface area (Å²) in [7, 11) is 0. The monoisotopic (exact) mass is 600 g/mol. The Morgan fingerprint density at radius 2 is 2.05 bits per heavy atom. The van der Waals surface area contributed by atoms with Crippen LogP contribution in [0.2, 0.25) is 5.02 Å². The Bertz CT molecular complexity index is 1830. The largest absolute Gasteiger partial charge is 0.488 e. The van der Waals surface area contributed by atoms with Crippen molar-refractivity contribution in [3.05, 3.63) is 75.9 Å². The molecule has 0 aliphatic carbocycles. The highest BCUT2D eigenvalue weighted by Gasteiger charge is 2.36. The molecule has 0 bridgehead atoms. The van der Waals surface area contributed by atoms with Crippen molar-refractivity contribution < 1.29 is 9.53 Å². The number of nitrogens with zero attached hydrogens (tertiary/aromatic N) is 6. The van der Waals surface area contributed by atoms with Gasteiger partial charge in [0.2, 0.25) is 5.91 Å². The molecule has 0 radical (unpaired) electrons. The lowest BCUT2D eigenvalue weighted by atomic mass is 9.92. The molecule has 3 atom stereocenters. The number of carbonyl (C=O) groups excluding carboxylic acids is 1. The summed E-state index contributed by atoms with van der Waals surface area (Å²) in [4.78, 5) is 35.0. The zero-order valence-corrected chi connectivity index (χ0v) is 25.0. The summed E-state index contributed by atoms with van der Waals surface area (Å²) in [5, 5.41) is 13.5. The molecule has 1 amide bonds. The molecule has 2 aliphatic heterocycles. The first-order valence-electron chi connectivity index (χ1n) is 14.1. The minimum absolute atomic E-state index is 0.133. The number of carbonyl (C=O) groups is 1. The van der Waals surface area contributed by atoms with Crippen LogP contribution >= 0.6 is 11.6 Å². The van der Waals surface area contributed by atoms with E-state index in [0.29, 0.717) is 69.5 Å². The van der Waals surface area contributed by atoms with E-state index in [1.807, 2.05) is 45.2 Å². The summed E-state index contributed by atoms with van der Waals surface area (Å²) in [6.45, 7) is 11.0. The SMILES string of the molecule is C=CC(=O)N1C[C@H](C)N(c2nc(=O)n3c4c(c(-c5c(C)ccc(N)c5C=N)c(Cl)cc24)OC[C@H]3Cn2cccn2)C[C@H]1C. The van der Waals surface area contributed by atoms with Gasteiger partial charge < -0.3 is 25.7 Å². The molecular weight excluding hydrogens is 568 g/mol. The fourth-order valence-electron chi connectivity index (χ4n) is 6.35. The molecule has 0 unspecified atom stereocenters. The van der Waals surface area contributed by atoms with Crippen LogP contribution in [0.15, 0.2) is 54.1 Å². The number of nitrogens with one attached hydrogen (secondary N) is 1. The summed E-state index contributed by atoms with van der Waals surface area (Å²) >= 11 is 7.09. The van der Waals surface area contributed by atoms with Gasteiger partial charge in [0.25, 0.3) is 0 Å². The molecular formula is C31H33ClN8O3. The van der Waals surface area contributed by atoms with E-state index in [-0.39, 0.29) is 30.6 Å². The Kier molecular flexibility index (Phi) is 7.21. The summed E-state index contributed by atoms with van der Waals surface area (Å²) in [5.41, 5.74) is 9.53. The van der Waals surface area contributed by atoms with E-state index >= 15 is 0 Å². The van der Waals surface area contributed by atoms with Gasteiger partial charge in [-0.25, -0.2) is 4.79 Å². The third kappa shape index (κ3) is 4.64. The number of hydrogen-bond donors (Lipinski definition) is 2. The fourth-order valence-corrected chi connectivity index (χ4v) is 6.64. The smallest absolute Gasteiger partial charge is 0.350 e. The maximum Gasteiger partial charge on any atom is 0.350 e. The van der Waals surface area contributed by atoms with Gasteiger partial charge in [0.1, 0.15) is 12.4 Å². The predicted octanol–water partition coefficient (Wildman–Crippen LogP) is 4.05. The third-order valence-electron chi connectivity index (χ3n) is 8.44. The molecule has 43 heavy (non-hydrogen) atoms. The molecule has 6 rings (SSSR count). The Morgan fingerprint density at radius 3 is 2.74 bits per heavy atom. The highest BCUT2D eigenvalue weighted by molar-refractivity contribution is 6.35. The molecule has 3 N–H and O–H groups in total. The minimum atomic E-state index is -0.418. The third-order valence-corrected chi connectivity index (χ3v) is 8.73. The molecule has 11 nitrogen and oxygen atoms in total. The van der Waals surface area contributed by atoms with Crippen molar-refractivity contribution in [2.75, 3.05) is 30.3 Å². The highest BCUT2D eigenvalue weighted by atomic mass is 35.5. The lowest BCUT2D eigenvalue weighted by Crippen LogP contribution is -2.58. The van der Waals surface area contributed by atoms with Crippen LogP contribution in [0.5, 0.6) is 5.75 Å². The Hall–Kier alpha value is -4.64. The van der Waals surface area contributed by atoms with Crippen LogP contribution in [0, 0.1) is 12.3 Å². The molecule has 1 saturated heterocycles. The standard InChI is InChI=1S/C31H33ClN8O3/c1-5-25(41)38-13-19(4)39(14-18(38)3)30-21-11-23(32)27(26-17(2)7-8-24(34)22(26)12-33)29-28(21)40(31(42)36-30)20(16-43-29)15-37-10-6-9-35-37/h5-12,18-20,33H,1,13-16,34H2,2-4H3/t18-,19+,20-/m1/s1.